The molecule has 0 bridgehead atoms. The molecule has 0 amide bonds. The fraction of sp³-hybridized carbons (Fsp3) is 0.917. The van der Waals surface area contributed by atoms with Crippen molar-refractivity contribution in [3.8, 4) is 6.07 Å². The Labute approximate surface area is 93.5 Å². The summed E-state index contributed by atoms with van der Waals surface area (Å²) in [4.78, 5) is 2.40. The summed E-state index contributed by atoms with van der Waals surface area (Å²) in [7, 11) is 0. The lowest BCUT2D eigenvalue weighted by atomic mass is 9.99. The zero-order chi connectivity index (χ0) is 11.1. The summed E-state index contributed by atoms with van der Waals surface area (Å²) in [6.45, 7) is 7.39. The molecule has 1 aliphatic rings. The van der Waals surface area contributed by atoms with Crippen molar-refractivity contribution in [2.75, 3.05) is 19.6 Å². The standard InChI is InChI=1S/C12H23N3/c1-3-11(9-13)15-8-6-5-7-12(15)10-14-4-2/h11-12,14H,3-8,10H2,1-2H3. The molecule has 86 valence electrons. The Hall–Kier alpha value is -0.590. The normalized spacial score (nSPS) is 24.7. The van der Waals surface area contributed by atoms with Gasteiger partial charge in [0.25, 0.3) is 0 Å². The molecule has 3 heteroatoms. The van der Waals surface area contributed by atoms with Gasteiger partial charge in [-0.1, -0.05) is 20.3 Å². The average molecular weight is 209 g/mol. The summed E-state index contributed by atoms with van der Waals surface area (Å²) in [5.74, 6) is 0. The molecular formula is C12H23N3. The van der Waals surface area contributed by atoms with E-state index in [1.54, 1.807) is 0 Å². The maximum atomic E-state index is 9.11. The summed E-state index contributed by atoms with van der Waals surface area (Å²) < 4.78 is 0. The SMILES string of the molecule is CCNCC1CCCCN1C(C#N)CC. The van der Waals surface area contributed by atoms with Crippen LogP contribution in [-0.4, -0.2) is 36.6 Å². The lowest BCUT2D eigenvalue weighted by molar-refractivity contribution is 0.116. The second-order valence-corrected chi connectivity index (χ2v) is 4.25. The molecule has 2 unspecified atom stereocenters. The van der Waals surface area contributed by atoms with Gasteiger partial charge in [-0.15, -0.1) is 0 Å². The first kappa shape index (κ1) is 12.5. The third-order valence-electron chi connectivity index (χ3n) is 3.24. The molecule has 0 aromatic heterocycles. The molecular weight excluding hydrogens is 186 g/mol. The van der Waals surface area contributed by atoms with Gasteiger partial charge < -0.3 is 5.32 Å². The van der Waals surface area contributed by atoms with Gasteiger partial charge in [-0.2, -0.15) is 5.26 Å². The highest BCUT2D eigenvalue weighted by Crippen LogP contribution is 2.20. The van der Waals surface area contributed by atoms with Crippen molar-refractivity contribution in [2.45, 2.75) is 51.6 Å². The van der Waals surface area contributed by atoms with Crippen LogP contribution in [-0.2, 0) is 0 Å². The van der Waals surface area contributed by atoms with Gasteiger partial charge in [-0.25, -0.2) is 0 Å². The quantitative estimate of drug-likeness (QED) is 0.750. The lowest BCUT2D eigenvalue weighted by Gasteiger charge is -2.38. The third-order valence-corrected chi connectivity index (χ3v) is 3.24. The van der Waals surface area contributed by atoms with Crippen molar-refractivity contribution in [3.63, 3.8) is 0 Å². The number of likely N-dealkylation sites (N-methyl/N-ethyl adjacent to an activating group) is 1. The molecule has 0 radical (unpaired) electrons. The summed E-state index contributed by atoms with van der Waals surface area (Å²) in [5.41, 5.74) is 0. The number of piperidine rings is 1. The van der Waals surface area contributed by atoms with E-state index in [1.165, 1.54) is 19.3 Å². The van der Waals surface area contributed by atoms with Crippen molar-refractivity contribution in [2.24, 2.45) is 0 Å². The maximum Gasteiger partial charge on any atom is 0.0978 e. The number of likely N-dealkylation sites (tertiary alicyclic amines) is 1. The Kier molecular flexibility index (Phi) is 5.67. The fourth-order valence-electron chi connectivity index (χ4n) is 2.36. The Morgan fingerprint density at radius 3 is 2.87 bits per heavy atom. The first-order valence-corrected chi connectivity index (χ1v) is 6.19. The molecule has 0 aromatic carbocycles. The van der Waals surface area contributed by atoms with Crippen LogP contribution in [0.4, 0.5) is 0 Å². The van der Waals surface area contributed by atoms with Crippen LogP contribution in [0.5, 0.6) is 0 Å². The second-order valence-electron chi connectivity index (χ2n) is 4.25. The molecule has 0 saturated carbocycles. The molecule has 3 nitrogen and oxygen atoms in total. The van der Waals surface area contributed by atoms with Gasteiger partial charge in [0.05, 0.1) is 12.1 Å². The molecule has 15 heavy (non-hydrogen) atoms. The molecule has 1 fully saturated rings. The molecule has 1 saturated heterocycles. The first-order chi connectivity index (χ1) is 7.33. The van der Waals surface area contributed by atoms with Crippen LogP contribution in [0.2, 0.25) is 0 Å². The van der Waals surface area contributed by atoms with Crippen LogP contribution in [0.1, 0.15) is 39.5 Å². The Morgan fingerprint density at radius 2 is 2.27 bits per heavy atom. The molecule has 1 aliphatic heterocycles. The third kappa shape index (κ3) is 3.48. The number of hydrogen-bond acceptors (Lipinski definition) is 3. The topological polar surface area (TPSA) is 39.1 Å². The zero-order valence-electron chi connectivity index (χ0n) is 10.00. The van der Waals surface area contributed by atoms with Gasteiger partial charge in [0.1, 0.15) is 0 Å². The Bertz CT molecular complexity index is 209. The monoisotopic (exact) mass is 209 g/mol. The number of nitrogens with zero attached hydrogens (tertiary/aromatic N) is 2. The van der Waals surface area contributed by atoms with Crippen LogP contribution < -0.4 is 5.32 Å². The zero-order valence-corrected chi connectivity index (χ0v) is 10.00. The van der Waals surface area contributed by atoms with Crippen molar-refractivity contribution in [3.05, 3.63) is 0 Å². The predicted octanol–water partition coefficient (Wildman–Crippen LogP) is 1.75. The van der Waals surface area contributed by atoms with Crippen LogP contribution in [0.25, 0.3) is 0 Å². The number of nitriles is 1. The van der Waals surface area contributed by atoms with Gasteiger partial charge in [0, 0.05) is 12.6 Å². The minimum Gasteiger partial charge on any atom is -0.315 e. The van der Waals surface area contributed by atoms with E-state index in [-0.39, 0.29) is 6.04 Å². The van der Waals surface area contributed by atoms with Gasteiger partial charge in [0.15, 0.2) is 0 Å². The lowest BCUT2D eigenvalue weighted by Crippen LogP contribution is -2.49. The largest absolute Gasteiger partial charge is 0.315 e. The van der Waals surface area contributed by atoms with Crippen LogP contribution in [0.3, 0.4) is 0 Å². The van der Waals surface area contributed by atoms with E-state index < -0.39 is 0 Å². The number of hydrogen-bond donors (Lipinski definition) is 1. The highest BCUT2D eigenvalue weighted by atomic mass is 15.2. The molecule has 0 aliphatic carbocycles. The van der Waals surface area contributed by atoms with Crippen molar-refractivity contribution >= 4 is 0 Å². The number of nitrogens with one attached hydrogen (secondary N) is 1. The highest BCUT2D eigenvalue weighted by molar-refractivity contribution is 4.95. The minimum absolute atomic E-state index is 0.119. The van der Waals surface area contributed by atoms with E-state index in [0.29, 0.717) is 6.04 Å². The van der Waals surface area contributed by atoms with E-state index in [2.05, 4.69) is 30.1 Å². The van der Waals surface area contributed by atoms with Crippen molar-refractivity contribution in [1.82, 2.24) is 10.2 Å². The van der Waals surface area contributed by atoms with Crippen LogP contribution in [0.15, 0.2) is 0 Å². The summed E-state index contributed by atoms with van der Waals surface area (Å²) >= 11 is 0. The van der Waals surface area contributed by atoms with Gasteiger partial charge in [0.2, 0.25) is 0 Å². The smallest absolute Gasteiger partial charge is 0.0978 e. The van der Waals surface area contributed by atoms with E-state index in [9.17, 15) is 0 Å². The molecule has 0 spiro atoms. The summed E-state index contributed by atoms with van der Waals surface area (Å²) in [5, 5.41) is 12.5. The molecule has 1 N–H and O–H groups in total. The molecule has 1 heterocycles. The van der Waals surface area contributed by atoms with Gasteiger partial charge >= 0.3 is 0 Å². The van der Waals surface area contributed by atoms with Gasteiger partial charge in [-0.05, 0) is 32.4 Å². The van der Waals surface area contributed by atoms with Crippen molar-refractivity contribution < 1.29 is 0 Å². The van der Waals surface area contributed by atoms with E-state index in [1.807, 2.05) is 0 Å². The van der Waals surface area contributed by atoms with Gasteiger partial charge in [-0.3, -0.25) is 4.90 Å². The van der Waals surface area contributed by atoms with E-state index >= 15 is 0 Å². The first-order valence-electron chi connectivity index (χ1n) is 6.19. The predicted molar refractivity (Wildman–Crippen MR) is 62.6 cm³/mol. The van der Waals surface area contributed by atoms with E-state index in [4.69, 9.17) is 5.26 Å². The maximum absolute atomic E-state index is 9.11. The Balaban J connectivity index is 2.52. The number of rotatable bonds is 5. The van der Waals surface area contributed by atoms with Crippen LogP contribution >= 0.6 is 0 Å². The summed E-state index contributed by atoms with van der Waals surface area (Å²) in [6, 6.07) is 3.12. The summed E-state index contributed by atoms with van der Waals surface area (Å²) in [6.07, 6.45) is 4.75. The van der Waals surface area contributed by atoms with Crippen molar-refractivity contribution in [1.29, 1.82) is 5.26 Å². The Morgan fingerprint density at radius 1 is 1.47 bits per heavy atom. The highest BCUT2D eigenvalue weighted by Gasteiger charge is 2.27. The van der Waals surface area contributed by atoms with E-state index in [0.717, 1.165) is 26.1 Å². The average Bonchev–Trinajstić information content (AvgIpc) is 2.29. The fourth-order valence-corrected chi connectivity index (χ4v) is 2.36. The molecule has 1 rings (SSSR count). The van der Waals surface area contributed by atoms with Crippen LogP contribution in [0, 0.1) is 11.3 Å². The molecule has 2 atom stereocenters. The second kappa shape index (κ2) is 6.81. The minimum atomic E-state index is 0.119. The molecule has 0 aromatic rings.